The number of carbonyl (C=O) groups is 1. The molecule has 0 aliphatic rings. The number of anilines is 1. The molecular weight excluding hydrogens is 361 g/mol. The maximum Gasteiger partial charge on any atom is 0.244 e. The molecule has 132 valence electrons. The van der Waals surface area contributed by atoms with Crippen LogP contribution in [0.3, 0.4) is 0 Å². The number of rotatable bonds is 8. The summed E-state index contributed by atoms with van der Waals surface area (Å²) in [5.41, 5.74) is 0.413. The van der Waals surface area contributed by atoms with Crippen LogP contribution in [0.4, 0.5) is 5.69 Å². The molecule has 0 saturated heterocycles. The van der Waals surface area contributed by atoms with E-state index in [1.54, 1.807) is 27.0 Å². The van der Waals surface area contributed by atoms with Gasteiger partial charge in [0.25, 0.3) is 0 Å². The second kappa shape index (κ2) is 10.1. The first-order valence-electron chi connectivity index (χ1n) is 7.10. The van der Waals surface area contributed by atoms with Gasteiger partial charge in [0.1, 0.15) is 4.90 Å². The SMILES string of the molecule is CCN(CC)S(=O)(=O)c1cc(NC(=O)CCNC)ccc1Cl.Cl. The number of hydrogen-bond acceptors (Lipinski definition) is 4. The van der Waals surface area contributed by atoms with Gasteiger partial charge in [-0.3, -0.25) is 4.79 Å². The predicted molar refractivity (Wildman–Crippen MR) is 96.0 cm³/mol. The third-order valence-electron chi connectivity index (χ3n) is 3.14. The molecule has 0 radical (unpaired) electrons. The van der Waals surface area contributed by atoms with Crippen LogP contribution in [-0.4, -0.2) is 45.3 Å². The fraction of sp³-hybridized carbons (Fsp3) is 0.500. The lowest BCUT2D eigenvalue weighted by Gasteiger charge is -2.19. The molecule has 6 nitrogen and oxygen atoms in total. The molecule has 1 amide bonds. The fourth-order valence-electron chi connectivity index (χ4n) is 1.94. The molecule has 0 saturated carbocycles. The number of nitrogens with one attached hydrogen (secondary N) is 2. The largest absolute Gasteiger partial charge is 0.326 e. The minimum Gasteiger partial charge on any atom is -0.326 e. The maximum absolute atomic E-state index is 12.5. The van der Waals surface area contributed by atoms with Crippen LogP contribution in [0.15, 0.2) is 23.1 Å². The van der Waals surface area contributed by atoms with Crippen molar-refractivity contribution in [3.05, 3.63) is 23.2 Å². The monoisotopic (exact) mass is 383 g/mol. The van der Waals surface area contributed by atoms with Gasteiger partial charge in [-0.15, -0.1) is 12.4 Å². The molecule has 0 unspecified atom stereocenters. The summed E-state index contributed by atoms with van der Waals surface area (Å²) in [4.78, 5) is 11.7. The van der Waals surface area contributed by atoms with Gasteiger partial charge in [-0.05, 0) is 25.2 Å². The molecule has 0 spiro atoms. The van der Waals surface area contributed by atoms with Crippen LogP contribution in [0.5, 0.6) is 0 Å². The van der Waals surface area contributed by atoms with Gasteiger partial charge >= 0.3 is 0 Å². The second-order valence-electron chi connectivity index (χ2n) is 4.64. The van der Waals surface area contributed by atoms with Crippen molar-refractivity contribution in [3.63, 3.8) is 0 Å². The van der Waals surface area contributed by atoms with E-state index in [0.29, 0.717) is 31.7 Å². The van der Waals surface area contributed by atoms with Gasteiger partial charge in [0.2, 0.25) is 15.9 Å². The summed E-state index contributed by atoms with van der Waals surface area (Å²) < 4.78 is 26.4. The number of halogens is 2. The predicted octanol–water partition coefficient (Wildman–Crippen LogP) is 2.34. The van der Waals surface area contributed by atoms with Gasteiger partial charge in [0.15, 0.2) is 0 Å². The van der Waals surface area contributed by atoms with Crippen LogP contribution in [-0.2, 0) is 14.8 Å². The van der Waals surface area contributed by atoms with Gasteiger partial charge < -0.3 is 10.6 Å². The number of benzene rings is 1. The Morgan fingerprint density at radius 2 is 1.87 bits per heavy atom. The van der Waals surface area contributed by atoms with Gasteiger partial charge in [0.05, 0.1) is 5.02 Å². The number of hydrogen-bond donors (Lipinski definition) is 2. The molecule has 0 fully saturated rings. The van der Waals surface area contributed by atoms with Crippen LogP contribution >= 0.6 is 24.0 Å². The first kappa shape index (κ1) is 22.1. The smallest absolute Gasteiger partial charge is 0.244 e. The Labute approximate surface area is 149 Å². The molecule has 1 aromatic rings. The van der Waals surface area contributed by atoms with Crippen molar-refractivity contribution < 1.29 is 13.2 Å². The van der Waals surface area contributed by atoms with E-state index in [-0.39, 0.29) is 28.2 Å². The Morgan fingerprint density at radius 3 is 2.39 bits per heavy atom. The van der Waals surface area contributed by atoms with Crippen molar-refractivity contribution in [2.45, 2.75) is 25.2 Å². The summed E-state index contributed by atoms with van der Waals surface area (Å²) in [6.45, 7) is 4.78. The highest BCUT2D eigenvalue weighted by atomic mass is 35.5. The van der Waals surface area contributed by atoms with Crippen molar-refractivity contribution in [3.8, 4) is 0 Å². The molecule has 0 aromatic heterocycles. The average molecular weight is 384 g/mol. The summed E-state index contributed by atoms with van der Waals surface area (Å²) in [6.07, 6.45) is 0.303. The van der Waals surface area contributed by atoms with Crippen molar-refractivity contribution in [2.24, 2.45) is 0 Å². The summed E-state index contributed by atoms with van der Waals surface area (Å²) in [5, 5.41) is 5.68. The average Bonchev–Trinajstić information content (AvgIpc) is 2.48. The molecule has 0 heterocycles. The lowest BCUT2D eigenvalue weighted by molar-refractivity contribution is -0.116. The highest BCUT2D eigenvalue weighted by molar-refractivity contribution is 7.89. The van der Waals surface area contributed by atoms with Crippen LogP contribution < -0.4 is 10.6 Å². The fourth-order valence-corrected chi connectivity index (χ4v) is 3.90. The zero-order chi connectivity index (χ0) is 16.8. The highest BCUT2D eigenvalue weighted by Crippen LogP contribution is 2.27. The third-order valence-corrected chi connectivity index (χ3v) is 5.67. The van der Waals surface area contributed by atoms with Crippen LogP contribution in [0.25, 0.3) is 0 Å². The summed E-state index contributed by atoms with van der Waals surface area (Å²) in [7, 11) is -1.92. The van der Waals surface area contributed by atoms with E-state index in [1.807, 2.05) is 0 Å². The normalized spacial score (nSPS) is 11.2. The number of sulfonamides is 1. The number of nitrogens with zero attached hydrogens (tertiary/aromatic N) is 1. The van der Waals surface area contributed by atoms with Crippen molar-refractivity contribution in [2.75, 3.05) is 32.0 Å². The lowest BCUT2D eigenvalue weighted by atomic mass is 10.3. The zero-order valence-corrected chi connectivity index (χ0v) is 15.8. The Bertz CT molecular complexity index is 620. The number of amides is 1. The van der Waals surface area contributed by atoms with Gasteiger partial charge in [-0.2, -0.15) is 4.31 Å². The van der Waals surface area contributed by atoms with Crippen molar-refractivity contribution >= 4 is 45.6 Å². The van der Waals surface area contributed by atoms with Gasteiger partial charge in [-0.25, -0.2) is 8.42 Å². The third kappa shape index (κ3) is 5.93. The molecule has 0 atom stereocenters. The molecule has 1 rings (SSSR count). The standard InChI is InChI=1S/C14H22ClN3O3S.ClH/c1-4-18(5-2)22(20,21)13-10-11(6-7-12(13)15)17-14(19)8-9-16-3;/h6-7,10,16H,4-5,8-9H2,1-3H3,(H,17,19);1H. The van der Waals surface area contributed by atoms with E-state index in [1.165, 1.54) is 16.4 Å². The lowest BCUT2D eigenvalue weighted by Crippen LogP contribution is -2.31. The van der Waals surface area contributed by atoms with Gasteiger partial charge in [-0.1, -0.05) is 25.4 Å². The summed E-state index contributed by atoms with van der Waals surface area (Å²) in [6, 6.07) is 4.46. The molecule has 0 bridgehead atoms. The van der Waals surface area contributed by atoms with Crippen LogP contribution in [0.2, 0.25) is 5.02 Å². The van der Waals surface area contributed by atoms with E-state index in [9.17, 15) is 13.2 Å². The van der Waals surface area contributed by atoms with E-state index in [2.05, 4.69) is 10.6 Å². The van der Waals surface area contributed by atoms with Crippen molar-refractivity contribution in [1.29, 1.82) is 0 Å². The summed E-state index contributed by atoms with van der Waals surface area (Å²) >= 11 is 6.03. The van der Waals surface area contributed by atoms with Crippen LogP contribution in [0.1, 0.15) is 20.3 Å². The Morgan fingerprint density at radius 1 is 1.26 bits per heavy atom. The van der Waals surface area contributed by atoms with E-state index in [4.69, 9.17) is 11.6 Å². The molecule has 0 aliphatic heterocycles. The zero-order valence-electron chi connectivity index (χ0n) is 13.4. The topological polar surface area (TPSA) is 78.5 Å². The minimum absolute atomic E-state index is 0. The number of carbonyl (C=O) groups excluding carboxylic acids is 1. The van der Waals surface area contributed by atoms with Crippen molar-refractivity contribution in [1.82, 2.24) is 9.62 Å². The summed E-state index contributed by atoms with van der Waals surface area (Å²) in [5.74, 6) is -0.192. The molecule has 23 heavy (non-hydrogen) atoms. The second-order valence-corrected chi connectivity index (χ2v) is 6.95. The molecule has 1 aromatic carbocycles. The van der Waals surface area contributed by atoms with E-state index in [0.717, 1.165) is 0 Å². The first-order valence-corrected chi connectivity index (χ1v) is 8.92. The Kier molecular flexibility index (Phi) is 9.72. The van der Waals surface area contributed by atoms with E-state index >= 15 is 0 Å². The minimum atomic E-state index is -3.67. The van der Waals surface area contributed by atoms with E-state index < -0.39 is 10.0 Å². The molecular formula is C14H23Cl2N3O3S. The Hall–Kier alpha value is -0.860. The Balaban J connectivity index is 0.00000484. The molecule has 0 aliphatic carbocycles. The quantitative estimate of drug-likeness (QED) is 0.721. The molecule has 2 N–H and O–H groups in total. The maximum atomic E-state index is 12.5. The van der Waals surface area contributed by atoms with Crippen LogP contribution in [0, 0.1) is 0 Å². The highest BCUT2D eigenvalue weighted by Gasteiger charge is 2.24. The molecule has 9 heteroatoms. The van der Waals surface area contributed by atoms with Gasteiger partial charge in [0, 0.05) is 31.7 Å². The first-order chi connectivity index (χ1) is 10.4.